The molecule has 0 aromatic heterocycles. The smallest absolute Gasteiger partial charge is 0.0319 e. The molecular weight excluding hydrogens is 172 g/mol. The average molecular weight is 196 g/mol. The van der Waals surface area contributed by atoms with Crippen molar-refractivity contribution in [2.45, 2.75) is 40.5 Å². The van der Waals surface area contributed by atoms with Crippen molar-refractivity contribution in [3.05, 3.63) is 35.4 Å². The quantitative estimate of drug-likeness (QED) is 0.768. The van der Waals surface area contributed by atoms with E-state index >= 15 is 0 Å². The summed E-state index contributed by atoms with van der Waals surface area (Å²) in [5.74, 6) is 0. The summed E-state index contributed by atoms with van der Waals surface area (Å²) in [6, 6.07) is 8.63. The maximum atomic E-state index is 7.00. The molecular formula is C13H24O. The number of hydrogen-bond donors (Lipinski definition) is 1. The van der Waals surface area contributed by atoms with Crippen molar-refractivity contribution in [3.8, 4) is 0 Å². The second-order valence-corrected chi connectivity index (χ2v) is 2.48. The fourth-order valence-corrected chi connectivity index (χ4v) is 1.25. The Balaban J connectivity index is 0. The van der Waals surface area contributed by atoms with Gasteiger partial charge in [-0.15, -0.1) is 0 Å². The Labute approximate surface area is 88.8 Å². The predicted molar refractivity (Wildman–Crippen MR) is 64.7 cm³/mol. The Bertz CT molecular complexity index is 183. The van der Waals surface area contributed by atoms with Gasteiger partial charge in [0.05, 0.1) is 0 Å². The molecule has 0 aliphatic rings. The third-order valence-corrected chi connectivity index (χ3v) is 1.88. The highest BCUT2D eigenvalue weighted by Gasteiger charge is 1.93. The van der Waals surface area contributed by atoms with Gasteiger partial charge in [0.15, 0.2) is 0 Å². The molecule has 0 fully saturated rings. The summed E-state index contributed by atoms with van der Waals surface area (Å²) in [7, 11) is 1.00. The molecule has 14 heavy (non-hydrogen) atoms. The maximum Gasteiger partial charge on any atom is 0.0319 e. The minimum atomic E-state index is 1.00. The number of aryl methyl sites for hydroxylation is 2. The van der Waals surface area contributed by atoms with Crippen LogP contribution in [0.3, 0.4) is 0 Å². The van der Waals surface area contributed by atoms with Crippen LogP contribution >= 0.6 is 0 Å². The molecule has 1 rings (SSSR count). The van der Waals surface area contributed by atoms with E-state index in [1.165, 1.54) is 11.1 Å². The van der Waals surface area contributed by atoms with Gasteiger partial charge in [0, 0.05) is 7.11 Å². The highest BCUT2D eigenvalue weighted by molar-refractivity contribution is 5.26. The van der Waals surface area contributed by atoms with E-state index in [4.69, 9.17) is 5.11 Å². The summed E-state index contributed by atoms with van der Waals surface area (Å²) < 4.78 is 0. The molecule has 1 heteroatoms. The number of hydrogen-bond acceptors (Lipinski definition) is 1. The molecule has 0 heterocycles. The number of aliphatic hydroxyl groups excluding tert-OH is 1. The van der Waals surface area contributed by atoms with Crippen LogP contribution < -0.4 is 0 Å². The summed E-state index contributed by atoms with van der Waals surface area (Å²) >= 11 is 0. The SMILES string of the molecule is CC.CCc1ccccc1CC.CO. The van der Waals surface area contributed by atoms with E-state index in [2.05, 4.69) is 38.1 Å². The van der Waals surface area contributed by atoms with Crippen LogP contribution in [0.15, 0.2) is 24.3 Å². The molecule has 0 amide bonds. The lowest BCUT2D eigenvalue weighted by Crippen LogP contribution is -1.88. The monoisotopic (exact) mass is 196 g/mol. The second-order valence-electron chi connectivity index (χ2n) is 2.48. The Hall–Kier alpha value is -0.820. The Morgan fingerprint density at radius 2 is 1.14 bits per heavy atom. The first-order valence-corrected chi connectivity index (χ1v) is 5.40. The number of aliphatic hydroxyl groups is 1. The summed E-state index contributed by atoms with van der Waals surface area (Å²) in [6.07, 6.45) is 2.31. The molecule has 0 saturated heterocycles. The standard InChI is InChI=1S/C10H14.C2H6.CH4O/c1-3-9-7-5-6-8-10(9)4-2;2*1-2/h5-8H,3-4H2,1-2H3;1-2H3;2H,1H3. The van der Waals surface area contributed by atoms with Crippen LogP contribution in [0.2, 0.25) is 0 Å². The lowest BCUT2D eigenvalue weighted by molar-refractivity contribution is 0.399. The topological polar surface area (TPSA) is 20.2 Å². The summed E-state index contributed by atoms with van der Waals surface area (Å²) in [5.41, 5.74) is 2.98. The van der Waals surface area contributed by atoms with E-state index < -0.39 is 0 Å². The molecule has 0 bridgehead atoms. The Kier molecular flexibility index (Phi) is 13.6. The van der Waals surface area contributed by atoms with Gasteiger partial charge in [-0.25, -0.2) is 0 Å². The zero-order chi connectivity index (χ0) is 11.4. The summed E-state index contributed by atoms with van der Waals surface area (Å²) in [5, 5.41) is 7.00. The number of rotatable bonds is 2. The lowest BCUT2D eigenvalue weighted by atomic mass is 10.0. The van der Waals surface area contributed by atoms with E-state index in [0.717, 1.165) is 20.0 Å². The molecule has 1 aromatic rings. The van der Waals surface area contributed by atoms with E-state index in [-0.39, 0.29) is 0 Å². The fourth-order valence-electron chi connectivity index (χ4n) is 1.25. The van der Waals surface area contributed by atoms with Gasteiger partial charge in [-0.1, -0.05) is 52.0 Å². The van der Waals surface area contributed by atoms with Crippen molar-refractivity contribution < 1.29 is 5.11 Å². The van der Waals surface area contributed by atoms with Crippen molar-refractivity contribution >= 4 is 0 Å². The van der Waals surface area contributed by atoms with Crippen LogP contribution in [0.25, 0.3) is 0 Å². The molecule has 1 nitrogen and oxygen atoms in total. The van der Waals surface area contributed by atoms with Gasteiger partial charge in [-0.3, -0.25) is 0 Å². The van der Waals surface area contributed by atoms with Gasteiger partial charge in [-0.05, 0) is 24.0 Å². The van der Waals surface area contributed by atoms with Crippen molar-refractivity contribution in [1.29, 1.82) is 0 Å². The molecule has 0 radical (unpaired) electrons. The average Bonchev–Trinajstić information content (AvgIpc) is 2.34. The lowest BCUT2D eigenvalue weighted by Gasteiger charge is -2.02. The predicted octanol–water partition coefficient (Wildman–Crippen LogP) is 3.45. The molecule has 0 spiro atoms. The molecule has 0 unspecified atom stereocenters. The Morgan fingerprint density at radius 1 is 0.857 bits per heavy atom. The Morgan fingerprint density at radius 3 is 1.36 bits per heavy atom. The van der Waals surface area contributed by atoms with Crippen molar-refractivity contribution in [1.82, 2.24) is 0 Å². The highest BCUT2D eigenvalue weighted by atomic mass is 16.2. The van der Waals surface area contributed by atoms with Crippen LogP contribution in [0.1, 0.15) is 38.8 Å². The van der Waals surface area contributed by atoms with E-state index in [1.54, 1.807) is 0 Å². The van der Waals surface area contributed by atoms with Gasteiger partial charge in [0.2, 0.25) is 0 Å². The van der Waals surface area contributed by atoms with Crippen LogP contribution in [0.5, 0.6) is 0 Å². The van der Waals surface area contributed by atoms with Crippen molar-refractivity contribution in [2.75, 3.05) is 7.11 Å². The fraction of sp³-hybridized carbons (Fsp3) is 0.538. The zero-order valence-electron chi connectivity index (χ0n) is 10.2. The maximum absolute atomic E-state index is 7.00. The zero-order valence-corrected chi connectivity index (χ0v) is 10.2. The summed E-state index contributed by atoms with van der Waals surface area (Å²) in [6.45, 7) is 8.41. The molecule has 1 N–H and O–H groups in total. The van der Waals surface area contributed by atoms with E-state index in [9.17, 15) is 0 Å². The molecule has 0 saturated carbocycles. The first-order valence-electron chi connectivity index (χ1n) is 5.40. The van der Waals surface area contributed by atoms with Gasteiger partial charge in [-0.2, -0.15) is 0 Å². The third kappa shape index (κ3) is 5.76. The van der Waals surface area contributed by atoms with Crippen LogP contribution in [-0.2, 0) is 12.8 Å². The minimum Gasteiger partial charge on any atom is -0.400 e. The van der Waals surface area contributed by atoms with E-state index in [1.807, 2.05) is 13.8 Å². The molecule has 1 aromatic carbocycles. The van der Waals surface area contributed by atoms with Crippen LogP contribution in [0, 0.1) is 0 Å². The summed E-state index contributed by atoms with van der Waals surface area (Å²) in [4.78, 5) is 0. The molecule has 82 valence electrons. The van der Waals surface area contributed by atoms with Gasteiger partial charge in [0.25, 0.3) is 0 Å². The molecule has 0 aliphatic heterocycles. The largest absolute Gasteiger partial charge is 0.400 e. The first kappa shape index (κ1) is 15.6. The highest BCUT2D eigenvalue weighted by Crippen LogP contribution is 2.08. The van der Waals surface area contributed by atoms with E-state index in [0.29, 0.717) is 0 Å². The third-order valence-electron chi connectivity index (χ3n) is 1.88. The van der Waals surface area contributed by atoms with Crippen molar-refractivity contribution in [2.24, 2.45) is 0 Å². The second kappa shape index (κ2) is 12.2. The van der Waals surface area contributed by atoms with Crippen LogP contribution in [-0.4, -0.2) is 12.2 Å². The van der Waals surface area contributed by atoms with Gasteiger partial charge in [0.1, 0.15) is 0 Å². The van der Waals surface area contributed by atoms with Gasteiger partial charge >= 0.3 is 0 Å². The molecule has 0 atom stereocenters. The normalized spacial score (nSPS) is 7.86. The molecule has 0 aliphatic carbocycles. The van der Waals surface area contributed by atoms with Crippen LogP contribution in [0.4, 0.5) is 0 Å². The minimum absolute atomic E-state index is 1.00. The number of benzene rings is 1. The first-order chi connectivity index (χ1) is 6.88. The van der Waals surface area contributed by atoms with Gasteiger partial charge < -0.3 is 5.11 Å². The van der Waals surface area contributed by atoms with Crippen molar-refractivity contribution in [3.63, 3.8) is 0 Å².